The molecule has 2 aromatic carbocycles. The Labute approximate surface area is 190 Å². The predicted molar refractivity (Wildman–Crippen MR) is 122 cm³/mol. The lowest BCUT2D eigenvalue weighted by Crippen LogP contribution is -2.31. The number of aromatic hydroxyl groups is 1. The summed E-state index contributed by atoms with van der Waals surface area (Å²) in [5.74, 6) is -1.15. The molecule has 1 aliphatic heterocycles. The number of allylic oxidation sites excluding steroid dienone is 1. The number of ether oxygens (including phenoxy) is 2. The second kappa shape index (κ2) is 10.3. The number of anilines is 1. The molecule has 0 saturated heterocycles. The number of rotatable bonds is 8. The number of phenols is 1. The van der Waals surface area contributed by atoms with Gasteiger partial charge in [-0.05, 0) is 43.2 Å². The van der Waals surface area contributed by atoms with Crippen LogP contribution in [0.25, 0.3) is 11.0 Å². The van der Waals surface area contributed by atoms with Crippen LogP contribution in [0, 0.1) is 0 Å². The normalized spacial score (nSPS) is 17.9. The highest BCUT2D eigenvalue weighted by atomic mass is 16.7. The molecule has 0 saturated carbocycles. The zero-order valence-corrected chi connectivity index (χ0v) is 17.9. The first-order valence-electron chi connectivity index (χ1n) is 10.8. The molecule has 3 N–H and O–H groups in total. The second-order valence-electron chi connectivity index (χ2n) is 7.71. The van der Waals surface area contributed by atoms with Gasteiger partial charge in [0, 0.05) is 24.5 Å². The van der Waals surface area contributed by atoms with E-state index in [1.54, 1.807) is 48.5 Å². The fourth-order valence-electron chi connectivity index (χ4n) is 3.68. The maximum absolute atomic E-state index is 13.1. The van der Waals surface area contributed by atoms with Crippen molar-refractivity contribution in [1.29, 1.82) is 0 Å². The van der Waals surface area contributed by atoms with E-state index in [0.717, 1.165) is 0 Å². The van der Waals surface area contributed by atoms with Crippen molar-refractivity contribution in [3.63, 3.8) is 0 Å². The number of amides is 1. The standard InChI is InChI=1S/C25H25NO7/c27-11-5-6-12-31-23-14-16(18-15-32-21-10-4-1-7-17(21)24(18)29)13-22(33-23)25(30)26-19-8-2-3-9-20(19)28/h1-4,7-10,13,15-16,23,27-28H,5-6,11-12,14H2,(H,26,30)/t16-,23+/m1/s1. The molecule has 1 amide bonds. The van der Waals surface area contributed by atoms with Crippen LogP contribution >= 0.6 is 0 Å². The lowest BCUT2D eigenvalue weighted by atomic mass is 9.93. The first-order valence-corrected chi connectivity index (χ1v) is 10.8. The van der Waals surface area contributed by atoms with Crippen LogP contribution < -0.4 is 10.7 Å². The highest BCUT2D eigenvalue weighted by Gasteiger charge is 2.31. The summed E-state index contributed by atoms with van der Waals surface area (Å²) >= 11 is 0. The van der Waals surface area contributed by atoms with Gasteiger partial charge < -0.3 is 29.4 Å². The summed E-state index contributed by atoms with van der Waals surface area (Å²) in [5, 5.41) is 22.0. The smallest absolute Gasteiger partial charge is 0.290 e. The highest BCUT2D eigenvalue weighted by Crippen LogP contribution is 2.32. The van der Waals surface area contributed by atoms with E-state index in [0.29, 0.717) is 42.4 Å². The van der Waals surface area contributed by atoms with Gasteiger partial charge in [0.15, 0.2) is 11.2 Å². The Hall–Kier alpha value is -3.62. The number of carbonyl (C=O) groups excluding carboxylic acids is 1. The van der Waals surface area contributed by atoms with Gasteiger partial charge >= 0.3 is 0 Å². The summed E-state index contributed by atoms with van der Waals surface area (Å²) in [4.78, 5) is 26.0. The lowest BCUT2D eigenvalue weighted by Gasteiger charge is -2.29. The van der Waals surface area contributed by atoms with Gasteiger partial charge in [0.25, 0.3) is 5.91 Å². The highest BCUT2D eigenvalue weighted by molar-refractivity contribution is 6.03. The van der Waals surface area contributed by atoms with Crippen LogP contribution in [0.15, 0.2) is 75.8 Å². The van der Waals surface area contributed by atoms with Crippen molar-refractivity contribution in [2.75, 3.05) is 18.5 Å². The van der Waals surface area contributed by atoms with Gasteiger partial charge in [-0.2, -0.15) is 0 Å². The van der Waals surface area contributed by atoms with Gasteiger partial charge in [0.05, 0.1) is 23.9 Å². The quantitative estimate of drug-likeness (QED) is 0.353. The number of aliphatic hydroxyl groups is 1. The van der Waals surface area contributed by atoms with Gasteiger partial charge in [-0.3, -0.25) is 9.59 Å². The first kappa shape index (κ1) is 22.6. The van der Waals surface area contributed by atoms with Crippen LogP contribution in [0.2, 0.25) is 0 Å². The van der Waals surface area contributed by atoms with Gasteiger partial charge in [-0.1, -0.05) is 24.3 Å². The molecule has 0 radical (unpaired) electrons. The zero-order chi connectivity index (χ0) is 23.2. The van der Waals surface area contributed by atoms with E-state index < -0.39 is 18.1 Å². The Bertz CT molecular complexity index is 1220. The fraction of sp³-hybridized carbons (Fsp3) is 0.280. The van der Waals surface area contributed by atoms with E-state index in [1.165, 1.54) is 12.3 Å². The number of nitrogens with one attached hydrogen (secondary N) is 1. The van der Waals surface area contributed by atoms with Crippen LogP contribution in [-0.4, -0.2) is 35.6 Å². The van der Waals surface area contributed by atoms with E-state index in [1.807, 2.05) is 0 Å². The Morgan fingerprint density at radius 2 is 1.91 bits per heavy atom. The first-order chi connectivity index (χ1) is 16.1. The van der Waals surface area contributed by atoms with Crippen molar-refractivity contribution in [1.82, 2.24) is 0 Å². The third kappa shape index (κ3) is 5.24. The molecule has 1 aliphatic rings. The van der Waals surface area contributed by atoms with E-state index in [4.69, 9.17) is 19.0 Å². The molecular weight excluding hydrogens is 426 g/mol. The summed E-state index contributed by atoms with van der Waals surface area (Å²) < 4.78 is 17.2. The molecule has 0 unspecified atom stereocenters. The Kier molecular flexibility index (Phi) is 7.07. The number of carbonyl (C=O) groups is 1. The molecule has 4 rings (SSSR count). The number of hydrogen-bond donors (Lipinski definition) is 3. The molecule has 172 valence electrons. The average molecular weight is 451 g/mol. The molecule has 0 spiro atoms. The minimum atomic E-state index is -0.769. The number of para-hydroxylation sites is 3. The van der Waals surface area contributed by atoms with E-state index in [2.05, 4.69) is 5.32 Å². The van der Waals surface area contributed by atoms with Crippen LogP contribution in [-0.2, 0) is 14.3 Å². The van der Waals surface area contributed by atoms with Crippen molar-refractivity contribution in [3.8, 4) is 5.75 Å². The van der Waals surface area contributed by atoms with E-state index in [9.17, 15) is 14.7 Å². The number of benzene rings is 2. The molecule has 0 aliphatic carbocycles. The third-order valence-corrected chi connectivity index (χ3v) is 5.40. The molecule has 2 heterocycles. The van der Waals surface area contributed by atoms with Crippen LogP contribution in [0.1, 0.15) is 30.7 Å². The SMILES string of the molecule is O=C(Nc1ccccc1O)C1=C[C@@H](c2coc3ccccc3c2=O)C[C@@H](OCCCCO)O1. The monoisotopic (exact) mass is 451 g/mol. The van der Waals surface area contributed by atoms with Gasteiger partial charge in [-0.25, -0.2) is 0 Å². The third-order valence-electron chi connectivity index (χ3n) is 5.40. The predicted octanol–water partition coefficient (Wildman–Crippen LogP) is 3.64. The molecule has 2 atom stereocenters. The molecule has 8 heteroatoms. The van der Waals surface area contributed by atoms with Crippen LogP contribution in [0.5, 0.6) is 5.75 Å². The summed E-state index contributed by atoms with van der Waals surface area (Å²) in [7, 11) is 0. The van der Waals surface area contributed by atoms with Crippen molar-refractivity contribution >= 4 is 22.6 Å². The topological polar surface area (TPSA) is 118 Å². The minimum absolute atomic E-state index is 0.0192. The molecule has 0 bridgehead atoms. The van der Waals surface area contributed by atoms with E-state index >= 15 is 0 Å². The maximum Gasteiger partial charge on any atom is 0.290 e. The largest absolute Gasteiger partial charge is 0.506 e. The average Bonchev–Trinajstić information content (AvgIpc) is 2.83. The molecular formula is C25H25NO7. The number of aliphatic hydroxyl groups excluding tert-OH is 1. The Balaban J connectivity index is 1.63. The minimum Gasteiger partial charge on any atom is -0.506 e. The van der Waals surface area contributed by atoms with Crippen molar-refractivity contribution in [3.05, 3.63) is 82.4 Å². The number of unbranched alkanes of at least 4 members (excludes halogenated alkanes) is 1. The second-order valence-corrected chi connectivity index (χ2v) is 7.71. The van der Waals surface area contributed by atoms with Crippen molar-refractivity contribution in [2.24, 2.45) is 0 Å². The van der Waals surface area contributed by atoms with Crippen LogP contribution in [0.4, 0.5) is 5.69 Å². The van der Waals surface area contributed by atoms with Gasteiger partial charge in [0.2, 0.25) is 6.29 Å². The Morgan fingerprint density at radius 3 is 2.73 bits per heavy atom. The molecule has 1 aromatic heterocycles. The molecule has 3 aromatic rings. The van der Waals surface area contributed by atoms with Crippen molar-refractivity contribution in [2.45, 2.75) is 31.5 Å². The van der Waals surface area contributed by atoms with Crippen molar-refractivity contribution < 1.29 is 28.9 Å². The summed E-state index contributed by atoms with van der Waals surface area (Å²) in [6.45, 7) is 0.391. The van der Waals surface area contributed by atoms with Crippen LogP contribution in [0.3, 0.4) is 0 Å². The van der Waals surface area contributed by atoms with Gasteiger partial charge in [-0.15, -0.1) is 0 Å². The maximum atomic E-state index is 13.1. The zero-order valence-electron chi connectivity index (χ0n) is 17.9. The molecule has 33 heavy (non-hydrogen) atoms. The Morgan fingerprint density at radius 1 is 1.12 bits per heavy atom. The lowest BCUT2D eigenvalue weighted by molar-refractivity contribution is -0.143. The number of phenolic OH excluding ortho intramolecular Hbond substituents is 1. The number of hydrogen-bond acceptors (Lipinski definition) is 7. The van der Waals surface area contributed by atoms with E-state index in [-0.39, 0.29) is 29.2 Å². The van der Waals surface area contributed by atoms with Gasteiger partial charge in [0.1, 0.15) is 11.3 Å². The molecule has 8 nitrogen and oxygen atoms in total. The summed E-state index contributed by atoms with van der Waals surface area (Å²) in [5.41, 5.74) is 0.935. The summed E-state index contributed by atoms with van der Waals surface area (Å²) in [6.07, 6.45) is 3.75. The number of fused-ring (bicyclic) bond motifs is 1. The summed E-state index contributed by atoms with van der Waals surface area (Å²) in [6, 6.07) is 13.3. The molecule has 0 fully saturated rings. The fourth-order valence-corrected chi connectivity index (χ4v) is 3.68.